The van der Waals surface area contributed by atoms with Crippen LogP contribution in [-0.4, -0.2) is 39.2 Å². The van der Waals surface area contributed by atoms with Crippen molar-refractivity contribution < 1.29 is 14.0 Å². The van der Waals surface area contributed by atoms with Crippen LogP contribution in [0.4, 0.5) is 10.1 Å². The van der Waals surface area contributed by atoms with Gasteiger partial charge in [0.05, 0.1) is 12.1 Å². The van der Waals surface area contributed by atoms with Gasteiger partial charge in [-0.25, -0.2) is 9.37 Å². The molecule has 0 aliphatic carbocycles. The van der Waals surface area contributed by atoms with Gasteiger partial charge in [0.1, 0.15) is 11.5 Å². The standard InChI is InChI=1S/C24H21FN4O2S/c25-18-7-3-16(4-8-18)13-22(30)26-19-9-5-17(6-10-19)20-14-29-21(15-32-24(29)27-20)23(31)28-11-1-2-12-28/h3-10,14-15H,1-2,11-13H2,(H,26,30). The fourth-order valence-electron chi connectivity index (χ4n) is 3.88. The smallest absolute Gasteiger partial charge is 0.271 e. The molecule has 32 heavy (non-hydrogen) atoms. The molecule has 0 radical (unpaired) electrons. The Hall–Kier alpha value is -3.52. The number of carbonyl (C=O) groups is 2. The van der Waals surface area contributed by atoms with E-state index in [-0.39, 0.29) is 24.1 Å². The van der Waals surface area contributed by atoms with E-state index in [1.54, 1.807) is 12.1 Å². The highest BCUT2D eigenvalue weighted by Crippen LogP contribution is 2.26. The molecule has 0 atom stereocenters. The Morgan fingerprint density at radius 3 is 2.47 bits per heavy atom. The lowest BCUT2D eigenvalue weighted by Crippen LogP contribution is -2.28. The van der Waals surface area contributed by atoms with E-state index in [4.69, 9.17) is 0 Å². The lowest BCUT2D eigenvalue weighted by Gasteiger charge is -2.13. The normalized spacial score (nSPS) is 13.6. The monoisotopic (exact) mass is 448 g/mol. The molecule has 0 bridgehead atoms. The first-order valence-corrected chi connectivity index (χ1v) is 11.4. The number of thiazole rings is 1. The number of rotatable bonds is 5. The van der Waals surface area contributed by atoms with Crippen LogP contribution in [-0.2, 0) is 11.2 Å². The molecule has 1 N–H and O–H groups in total. The molecule has 0 unspecified atom stereocenters. The summed E-state index contributed by atoms with van der Waals surface area (Å²) < 4.78 is 14.9. The summed E-state index contributed by atoms with van der Waals surface area (Å²) in [5.74, 6) is -0.440. The lowest BCUT2D eigenvalue weighted by molar-refractivity contribution is -0.115. The molecule has 1 saturated heterocycles. The van der Waals surface area contributed by atoms with Crippen molar-refractivity contribution in [3.05, 3.63) is 77.2 Å². The molecule has 5 rings (SSSR count). The van der Waals surface area contributed by atoms with Crippen LogP contribution in [0.3, 0.4) is 0 Å². The second kappa shape index (κ2) is 8.55. The van der Waals surface area contributed by atoms with Gasteiger partial charge in [0, 0.05) is 35.9 Å². The van der Waals surface area contributed by atoms with E-state index >= 15 is 0 Å². The molecule has 0 spiro atoms. The molecule has 3 heterocycles. The van der Waals surface area contributed by atoms with Gasteiger partial charge in [0.25, 0.3) is 5.91 Å². The number of imidazole rings is 1. The largest absolute Gasteiger partial charge is 0.337 e. The summed E-state index contributed by atoms with van der Waals surface area (Å²) in [4.78, 5) is 32.4. The van der Waals surface area contributed by atoms with Crippen molar-refractivity contribution in [2.75, 3.05) is 18.4 Å². The Kier molecular flexibility index (Phi) is 5.45. The van der Waals surface area contributed by atoms with Crippen molar-refractivity contribution in [1.29, 1.82) is 0 Å². The number of aromatic nitrogens is 2. The number of amides is 2. The van der Waals surface area contributed by atoms with Crippen molar-refractivity contribution in [1.82, 2.24) is 14.3 Å². The fourth-order valence-corrected chi connectivity index (χ4v) is 4.72. The lowest BCUT2D eigenvalue weighted by atomic mass is 10.1. The van der Waals surface area contributed by atoms with E-state index < -0.39 is 0 Å². The van der Waals surface area contributed by atoms with Crippen LogP contribution in [0, 0.1) is 5.82 Å². The minimum atomic E-state index is -0.323. The summed E-state index contributed by atoms with van der Waals surface area (Å²) in [5.41, 5.74) is 3.74. The Morgan fingerprint density at radius 2 is 1.75 bits per heavy atom. The average Bonchev–Trinajstić information content (AvgIpc) is 3.53. The van der Waals surface area contributed by atoms with E-state index in [0.29, 0.717) is 11.4 Å². The number of hydrogen-bond donors (Lipinski definition) is 1. The zero-order chi connectivity index (χ0) is 22.1. The van der Waals surface area contributed by atoms with Gasteiger partial charge in [-0.15, -0.1) is 11.3 Å². The molecular formula is C24H21FN4O2S. The SMILES string of the molecule is O=C(Cc1ccc(F)cc1)Nc1ccc(-c2cn3c(C(=O)N4CCCC4)csc3n2)cc1. The molecule has 1 fully saturated rings. The second-order valence-corrected chi connectivity index (χ2v) is 8.66. The number of nitrogens with one attached hydrogen (secondary N) is 1. The Bertz CT molecular complexity index is 1270. The Balaban J connectivity index is 1.29. The maximum atomic E-state index is 13.0. The topological polar surface area (TPSA) is 66.7 Å². The van der Waals surface area contributed by atoms with Crippen molar-refractivity contribution in [3.8, 4) is 11.3 Å². The molecule has 0 saturated carbocycles. The van der Waals surface area contributed by atoms with Crippen molar-refractivity contribution in [3.63, 3.8) is 0 Å². The highest BCUT2D eigenvalue weighted by molar-refractivity contribution is 7.15. The molecule has 6 nitrogen and oxygen atoms in total. The van der Waals surface area contributed by atoms with Gasteiger partial charge >= 0.3 is 0 Å². The van der Waals surface area contributed by atoms with Gasteiger partial charge in [-0.1, -0.05) is 24.3 Å². The summed E-state index contributed by atoms with van der Waals surface area (Å²) in [5, 5.41) is 4.72. The van der Waals surface area contributed by atoms with E-state index in [1.807, 2.05) is 45.1 Å². The minimum Gasteiger partial charge on any atom is -0.337 e. The first-order chi connectivity index (χ1) is 15.6. The van der Waals surface area contributed by atoms with Gasteiger partial charge in [0.15, 0.2) is 4.96 Å². The van der Waals surface area contributed by atoms with Gasteiger partial charge < -0.3 is 10.2 Å². The third kappa shape index (κ3) is 4.13. The van der Waals surface area contributed by atoms with Gasteiger partial charge in [0.2, 0.25) is 5.91 Å². The van der Waals surface area contributed by atoms with Crippen molar-refractivity contribution in [2.45, 2.75) is 19.3 Å². The number of carbonyl (C=O) groups excluding carboxylic acids is 2. The van der Waals surface area contributed by atoms with E-state index in [2.05, 4.69) is 10.3 Å². The van der Waals surface area contributed by atoms with Crippen molar-refractivity contribution in [2.24, 2.45) is 0 Å². The Labute approximate surface area is 188 Å². The maximum Gasteiger partial charge on any atom is 0.271 e. The van der Waals surface area contributed by atoms with E-state index in [0.717, 1.165) is 47.7 Å². The summed E-state index contributed by atoms with van der Waals surface area (Å²) in [6.07, 6.45) is 4.17. The van der Waals surface area contributed by atoms with Crippen LogP contribution in [0.15, 0.2) is 60.1 Å². The van der Waals surface area contributed by atoms with Crippen molar-refractivity contribution >= 4 is 33.8 Å². The number of fused-ring (bicyclic) bond motifs is 1. The number of hydrogen-bond acceptors (Lipinski definition) is 4. The number of anilines is 1. The third-order valence-electron chi connectivity index (χ3n) is 5.56. The van der Waals surface area contributed by atoms with Gasteiger partial charge in [-0.2, -0.15) is 0 Å². The number of nitrogens with zero attached hydrogens (tertiary/aromatic N) is 3. The third-order valence-corrected chi connectivity index (χ3v) is 6.40. The van der Waals surface area contributed by atoms with Crippen LogP contribution in [0.1, 0.15) is 28.9 Å². The molecule has 2 aromatic heterocycles. The minimum absolute atomic E-state index is 0.0527. The first kappa shape index (κ1) is 20.4. The van der Waals surface area contributed by atoms with Crippen LogP contribution in [0.2, 0.25) is 0 Å². The molecule has 2 amide bonds. The predicted molar refractivity (Wildman–Crippen MR) is 122 cm³/mol. The highest BCUT2D eigenvalue weighted by atomic mass is 32.1. The average molecular weight is 449 g/mol. The first-order valence-electron chi connectivity index (χ1n) is 10.5. The number of benzene rings is 2. The van der Waals surface area contributed by atoms with Crippen LogP contribution < -0.4 is 5.32 Å². The fraction of sp³-hybridized carbons (Fsp3) is 0.208. The number of likely N-dealkylation sites (tertiary alicyclic amines) is 1. The van der Waals surface area contributed by atoms with E-state index in [1.165, 1.54) is 23.5 Å². The summed E-state index contributed by atoms with van der Waals surface area (Å²) in [7, 11) is 0. The van der Waals surface area contributed by atoms with Crippen LogP contribution in [0.5, 0.6) is 0 Å². The van der Waals surface area contributed by atoms with Crippen LogP contribution >= 0.6 is 11.3 Å². The molecule has 2 aromatic carbocycles. The zero-order valence-corrected chi connectivity index (χ0v) is 18.1. The number of halogens is 1. The van der Waals surface area contributed by atoms with Gasteiger partial charge in [-0.3, -0.25) is 14.0 Å². The molecule has 1 aliphatic rings. The Morgan fingerprint density at radius 1 is 1.03 bits per heavy atom. The quantitative estimate of drug-likeness (QED) is 0.485. The molecule has 8 heteroatoms. The predicted octanol–water partition coefficient (Wildman–Crippen LogP) is 4.62. The summed E-state index contributed by atoms with van der Waals surface area (Å²) >= 11 is 1.45. The molecular weight excluding hydrogens is 427 g/mol. The second-order valence-electron chi connectivity index (χ2n) is 7.83. The molecule has 4 aromatic rings. The molecule has 1 aliphatic heterocycles. The van der Waals surface area contributed by atoms with E-state index in [9.17, 15) is 14.0 Å². The zero-order valence-electron chi connectivity index (χ0n) is 17.3. The molecule has 162 valence electrons. The highest BCUT2D eigenvalue weighted by Gasteiger charge is 2.23. The summed E-state index contributed by atoms with van der Waals surface area (Å²) in [6, 6.07) is 13.3. The van der Waals surface area contributed by atoms with Gasteiger partial charge in [-0.05, 0) is 42.7 Å². The maximum absolute atomic E-state index is 13.0. The summed E-state index contributed by atoms with van der Waals surface area (Å²) in [6.45, 7) is 1.62. The van der Waals surface area contributed by atoms with Crippen LogP contribution in [0.25, 0.3) is 16.2 Å².